The number of amides is 1. The molecule has 3 rings (SSSR count). The number of carbonyl (C=O) groups is 1. The predicted molar refractivity (Wildman–Crippen MR) is 87.3 cm³/mol. The summed E-state index contributed by atoms with van der Waals surface area (Å²) in [6, 6.07) is 5.48. The molecule has 6 nitrogen and oxygen atoms in total. The number of fused-ring (bicyclic) bond motifs is 1. The van der Waals surface area contributed by atoms with Crippen molar-refractivity contribution in [2.45, 2.75) is 43.8 Å². The highest BCUT2D eigenvalue weighted by Gasteiger charge is 2.30. The van der Waals surface area contributed by atoms with Crippen molar-refractivity contribution in [2.24, 2.45) is 0 Å². The molecular formula is C16H21N3O3S. The third-order valence-electron chi connectivity index (χ3n) is 4.42. The predicted octanol–water partition coefficient (Wildman–Crippen LogP) is 2.14. The van der Waals surface area contributed by atoms with Crippen molar-refractivity contribution in [3.8, 4) is 0 Å². The molecule has 23 heavy (non-hydrogen) atoms. The van der Waals surface area contributed by atoms with E-state index in [1.165, 1.54) is 4.40 Å². The number of imidazole rings is 1. The van der Waals surface area contributed by atoms with Crippen LogP contribution >= 0.6 is 0 Å². The molecule has 2 aromatic rings. The summed E-state index contributed by atoms with van der Waals surface area (Å²) in [7, 11) is -3.51. The van der Waals surface area contributed by atoms with E-state index >= 15 is 0 Å². The first kappa shape index (κ1) is 16.0. The van der Waals surface area contributed by atoms with E-state index < -0.39 is 9.84 Å². The smallest absolute Gasteiger partial charge is 0.274 e. The number of hydrogen-bond acceptors (Lipinski definition) is 4. The molecule has 1 fully saturated rings. The van der Waals surface area contributed by atoms with Gasteiger partial charge >= 0.3 is 0 Å². The average Bonchev–Trinajstić information content (AvgIpc) is 3.14. The van der Waals surface area contributed by atoms with Gasteiger partial charge in [0.25, 0.3) is 5.91 Å². The van der Waals surface area contributed by atoms with Crippen LogP contribution in [0.5, 0.6) is 0 Å². The summed E-state index contributed by atoms with van der Waals surface area (Å²) >= 11 is 0. The van der Waals surface area contributed by atoms with Crippen LogP contribution in [0.25, 0.3) is 5.52 Å². The second-order valence-electron chi connectivity index (χ2n) is 6.00. The van der Waals surface area contributed by atoms with Gasteiger partial charge in [0, 0.05) is 25.0 Å². The highest BCUT2D eigenvalue weighted by atomic mass is 32.2. The molecule has 0 atom stereocenters. The number of carbonyl (C=O) groups excluding carboxylic acids is 1. The Kier molecular flexibility index (Phi) is 4.14. The van der Waals surface area contributed by atoms with Crippen molar-refractivity contribution in [2.75, 3.05) is 12.8 Å². The Bertz CT molecular complexity index is 835. The lowest BCUT2D eigenvalue weighted by atomic mass is 10.2. The Labute approximate surface area is 136 Å². The van der Waals surface area contributed by atoms with Gasteiger partial charge < -0.3 is 4.90 Å². The van der Waals surface area contributed by atoms with E-state index in [0.717, 1.165) is 31.9 Å². The molecule has 2 aromatic heterocycles. The van der Waals surface area contributed by atoms with Crippen molar-refractivity contribution in [1.82, 2.24) is 14.3 Å². The zero-order chi connectivity index (χ0) is 16.6. The second-order valence-corrected chi connectivity index (χ2v) is 7.91. The minimum absolute atomic E-state index is 0.0843. The van der Waals surface area contributed by atoms with Gasteiger partial charge in [-0.3, -0.25) is 9.20 Å². The Morgan fingerprint density at radius 2 is 2.04 bits per heavy atom. The topological polar surface area (TPSA) is 71.8 Å². The first-order chi connectivity index (χ1) is 10.9. The van der Waals surface area contributed by atoms with Gasteiger partial charge in [0.2, 0.25) is 15.0 Å². The molecule has 1 saturated carbocycles. The van der Waals surface area contributed by atoms with Gasteiger partial charge in [-0.05, 0) is 31.9 Å². The maximum Gasteiger partial charge on any atom is 0.274 e. The van der Waals surface area contributed by atoms with Gasteiger partial charge in [0.05, 0.1) is 5.52 Å². The Hall–Kier alpha value is -1.89. The maximum absolute atomic E-state index is 13.0. The van der Waals surface area contributed by atoms with Crippen LogP contribution in [0.1, 0.15) is 43.1 Å². The van der Waals surface area contributed by atoms with Crippen LogP contribution in [0.2, 0.25) is 0 Å². The summed E-state index contributed by atoms with van der Waals surface area (Å²) in [5.74, 6) is -0.182. The second kappa shape index (κ2) is 5.96. The molecule has 0 radical (unpaired) electrons. The summed E-state index contributed by atoms with van der Waals surface area (Å²) < 4.78 is 25.4. The lowest BCUT2D eigenvalue weighted by Gasteiger charge is -2.27. The van der Waals surface area contributed by atoms with Crippen LogP contribution in [0.4, 0.5) is 0 Å². The van der Waals surface area contributed by atoms with E-state index in [4.69, 9.17) is 0 Å². The molecule has 2 heterocycles. The fourth-order valence-corrected chi connectivity index (χ4v) is 4.12. The Balaban J connectivity index is 2.10. The van der Waals surface area contributed by atoms with Gasteiger partial charge in [0.15, 0.2) is 5.69 Å². The average molecular weight is 335 g/mol. The van der Waals surface area contributed by atoms with Crippen LogP contribution in [0.15, 0.2) is 29.6 Å². The van der Waals surface area contributed by atoms with Crippen molar-refractivity contribution in [3.63, 3.8) is 0 Å². The molecule has 0 spiro atoms. The SMILES string of the molecule is CCN(C(=O)c1nc(S(C)(=O)=O)n2ccccc12)C1CCCC1. The lowest BCUT2D eigenvalue weighted by Crippen LogP contribution is -2.38. The number of nitrogens with zero attached hydrogens (tertiary/aromatic N) is 3. The molecule has 0 unspecified atom stereocenters. The van der Waals surface area contributed by atoms with Crippen molar-refractivity contribution >= 4 is 21.3 Å². The summed E-state index contributed by atoms with van der Waals surface area (Å²) in [6.45, 7) is 2.55. The Morgan fingerprint density at radius 3 is 2.65 bits per heavy atom. The molecule has 1 aliphatic rings. The molecular weight excluding hydrogens is 314 g/mol. The van der Waals surface area contributed by atoms with E-state index in [1.807, 2.05) is 11.8 Å². The lowest BCUT2D eigenvalue weighted by molar-refractivity contribution is 0.0689. The third-order valence-corrected chi connectivity index (χ3v) is 5.37. The van der Waals surface area contributed by atoms with Gasteiger partial charge in [-0.1, -0.05) is 18.9 Å². The third kappa shape index (κ3) is 2.85. The minimum atomic E-state index is -3.51. The molecule has 0 bridgehead atoms. The maximum atomic E-state index is 13.0. The number of pyridine rings is 1. The quantitative estimate of drug-likeness (QED) is 0.858. The monoisotopic (exact) mass is 335 g/mol. The standard InChI is InChI=1S/C16H21N3O3S/c1-3-18(12-8-4-5-9-12)15(20)14-13-10-6-7-11-19(13)16(17-14)23(2,21)22/h6-7,10-12H,3-5,8-9H2,1-2H3. The zero-order valence-electron chi connectivity index (χ0n) is 13.4. The van der Waals surface area contributed by atoms with E-state index in [9.17, 15) is 13.2 Å². The normalized spacial score (nSPS) is 16.1. The van der Waals surface area contributed by atoms with E-state index in [2.05, 4.69) is 4.98 Å². The first-order valence-corrected chi connectivity index (χ1v) is 9.80. The van der Waals surface area contributed by atoms with Crippen LogP contribution in [0.3, 0.4) is 0 Å². The molecule has 0 saturated heterocycles. The van der Waals surface area contributed by atoms with E-state index in [-0.39, 0.29) is 22.8 Å². The highest BCUT2D eigenvalue weighted by molar-refractivity contribution is 7.90. The fraction of sp³-hybridized carbons (Fsp3) is 0.500. The molecule has 0 N–H and O–H groups in total. The number of sulfone groups is 1. The molecule has 1 amide bonds. The van der Waals surface area contributed by atoms with Crippen molar-refractivity contribution < 1.29 is 13.2 Å². The summed E-state index contributed by atoms with van der Waals surface area (Å²) in [5, 5.41) is -0.0843. The van der Waals surface area contributed by atoms with Crippen LogP contribution in [0, 0.1) is 0 Å². The number of rotatable bonds is 4. The molecule has 7 heteroatoms. The minimum Gasteiger partial charge on any atom is -0.335 e. The summed E-state index contributed by atoms with van der Waals surface area (Å²) in [4.78, 5) is 19.0. The van der Waals surface area contributed by atoms with Gasteiger partial charge in [-0.15, -0.1) is 0 Å². The van der Waals surface area contributed by atoms with Gasteiger partial charge in [-0.25, -0.2) is 13.4 Å². The largest absolute Gasteiger partial charge is 0.335 e. The highest BCUT2D eigenvalue weighted by Crippen LogP contribution is 2.26. The molecule has 0 aromatic carbocycles. The number of aromatic nitrogens is 2. The van der Waals surface area contributed by atoms with Crippen molar-refractivity contribution in [1.29, 1.82) is 0 Å². The fourth-order valence-electron chi connectivity index (χ4n) is 3.35. The van der Waals surface area contributed by atoms with E-state index in [1.54, 1.807) is 24.4 Å². The zero-order valence-corrected chi connectivity index (χ0v) is 14.2. The molecule has 0 aliphatic heterocycles. The number of hydrogen-bond donors (Lipinski definition) is 0. The van der Waals surface area contributed by atoms with Crippen LogP contribution in [-0.2, 0) is 9.84 Å². The molecule has 124 valence electrons. The van der Waals surface area contributed by atoms with Gasteiger partial charge in [-0.2, -0.15) is 0 Å². The van der Waals surface area contributed by atoms with Crippen LogP contribution in [-0.4, -0.2) is 47.5 Å². The summed E-state index contributed by atoms with van der Waals surface area (Å²) in [5.41, 5.74) is 0.758. The van der Waals surface area contributed by atoms with Crippen molar-refractivity contribution in [3.05, 3.63) is 30.1 Å². The van der Waals surface area contributed by atoms with Gasteiger partial charge in [0.1, 0.15) is 0 Å². The van der Waals surface area contributed by atoms with E-state index in [0.29, 0.717) is 12.1 Å². The Morgan fingerprint density at radius 1 is 1.35 bits per heavy atom. The first-order valence-electron chi connectivity index (χ1n) is 7.91. The molecule has 1 aliphatic carbocycles. The van der Waals surface area contributed by atoms with Crippen LogP contribution < -0.4 is 0 Å². The summed E-state index contributed by atoms with van der Waals surface area (Å²) in [6.07, 6.45) is 7.01.